The summed E-state index contributed by atoms with van der Waals surface area (Å²) < 4.78 is 0. The van der Waals surface area contributed by atoms with Gasteiger partial charge in [-0.25, -0.2) is 0 Å². The first-order valence-electron chi connectivity index (χ1n) is 13.1. The molecule has 29 heavy (non-hydrogen) atoms. The molecule has 0 aliphatic carbocycles. The Kier molecular flexibility index (Phi) is 22.8. The Labute approximate surface area is 183 Å². The van der Waals surface area contributed by atoms with Gasteiger partial charge in [0.15, 0.2) is 0 Å². The number of unbranched alkanes of at least 4 members (excludes halogenated alkanes) is 16. The van der Waals surface area contributed by atoms with Crippen molar-refractivity contribution in [3.8, 4) is 0 Å². The van der Waals surface area contributed by atoms with Crippen LogP contribution >= 0.6 is 0 Å². The van der Waals surface area contributed by atoms with Crippen molar-refractivity contribution in [1.29, 1.82) is 0 Å². The largest absolute Gasteiger partial charge is 0.346 e. The van der Waals surface area contributed by atoms with Gasteiger partial charge >= 0.3 is 0 Å². The maximum absolute atomic E-state index is 12.2. The topological polar surface area (TPSA) is 20.3 Å². The van der Waals surface area contributed by atoms with E-state index in [9.17, 15) is 4.79 Å². The van der Waals surface area contributed by atoms with Crippen LogP contribution in [-0.4, -0.2) is 24.4 Å². The van der Waals surface area contributed by atoms with Crippen LogP contribution in [0, 0.1) is 0 Å². The molecule has 0 aromatic carbocycles. The van der Waals surface area contributed by atoms with E-state index in [0.717, 1.165) is 19.4 Å². The number of nitrogens with zero attached hydrogens (tertiary/aromatic N) is 1. The standard InChI is InChI=1S/C27H53NO/c1-4-6-8-10-12-13-14-15-16-17-18-19-20-21-23-25-27(29)28(3)26-24-22-11-9-7-5-2/h15-16H,4-14,17-26H2,1-3H3/b16-15-. The van der Waals surface area contributed by atoms with Crippen molar-refractivity contribution in [1.82, 2.24) is 4.90 Å². The fraction of sp³-hybridized carbons (Fsp3) is 0.889. The lowest BCUT2D eigenvalue weighted by atomic mass is 10.1. The Morgan fingerprint density at radius 1 is 0.586 bits per heavy atom. The lowest BCUT2D eigenvalue weighted by molar-refractivity contribution is -0.130. The molecule has 2 heteroatoms. The predicted octanol–water partition coefficient (Wildman–Crippen LogP) is 8.84. The third kappa shape index (κ3) is 21.7. The van der Waals surface area contributed by atoms with Gasteiger partial charge in [0.25, 0.3) is 0 Å². The molecule has 0 saturated heterocycles. The first-order chi connectivity index (χ1) is 14.2. The lowest BCUT2D eigenvalue weighted by Crippen LogP contribution is -2.27. The molecular formula is C27H53NO. The summed E-state index contributed by atoms with van der Waals surface area (Å²) in [6, 6.07) is 0. The summed E-state index contributed by atoms with van der Waals surface area (Å²) in [4.78, 5) is 14.1. The Morgan fingerprint density at radius 2 is 1.00 bits per heavy atom. The monoisotopic (exact) mass is 407 g/mol. The zero-order valence-corrected chi connectivity index (χ0v) is 20.4. The van der Waals surface area contributed by atoms with Crippen LogP contribution in [0.15, 0.2) is 12.2 Å². The lowest BCUT2D eigenvalue weighted by Gasteiger charge is -2.17. The first-order valence-corrected chi connectivity index (χ1v) is 13.1. The average Bonchev–Trinajstić information content (AvgIpc) is 2.73. The maximum atomic E-state index is 12.2. The van der Waals surface area contributed by atoms with Crippen molar-refractivity contribution in [3.05, 3.63) is 12.2 Å². The van der Waals surface area contributed by atoms with Gasteiger partial charge in [-0.05, 0) is 38.5 Å². The molecule has 0 bridgehead atoms. The van der Waals surface area contributed by atoms with Crippen LogP contribution in [0.2, 0.25) is 0 Å². The predicted molar refractivity (Wildman–Crippen MR) is 130 cm³/mol. The number of carbonyl (C=O) groups excluding carboxylic acids is 1. The summed E-state index contributed by atoms with van der Waals surface area (Å²) in [5, 5.41) is 0. The number of amides is 1. The van der Waals surface area contributed by atoms with E-state index in [4.69, 9.17) is 0 Å². The summed E-state index contributed by atoms with van der Waals surface area (Å²) >= 11 is 0. The molecule has 0 fully saturated rings. The highest BCUT2D eigenvalue weighted by Gasteiger charge is 2.07. The van der Waals surface area contributed by atoms with Gasteiger partial charge in [-0.1, -0.05) is 109 Å². The molecule has 172 valence electrons. The van der Waals surface area contributed by atoms with E-state index >= 15 is 0 Å². The molecule has 1 amide bonds. The van der Waals surface area contributed by atoms with Crippen molar-refractivity contribution in [2.75, 3.05) is 13.6 Å². The van der Waals surface area contributed by atoms with Crippen LogP contribution in [-0.2, 0) is 4.79 Å². The van der Waals surface area contributed by atoms with Gasteiger partial charge < -0.3 is 4.90 Å². The number of allylic oxidation sites excluding steroid dienone is 2. The van der Waals surface area contributed by atoms with E-state index in [1.807, 2.05) is 11.9 Å². The fourth-order valence-corrected chi connectivity index (χ4v) is 3.79. The molecule has 0 atom stereocenters. The molecule has 0 unspecified atom stereocenters. The van der Waals surface area contributed by atoms with Gasteiger partial charge in [-0.15, -0.1) is 0 Å². The van der Waals surface area contributed by atoms with Crippen molar-refractivity contribution in [2.45, 2.75) is 142 Å². The zero-order chi connectivity index (χ0) is 21.4. The summed E-state index contributed by atoms with van der Waals surface area (Å²) in [6.07, 6.45) is 30.3. The highest BCUT2D eigenvalue weighted by molar-refractivity contribution is 5.75. The van der Waals surface area contributed by atoms with E-state index < -0.39 is 0 Å². The van der Waals surface area contributed by atoms with Crippen LogP contribution in [0.25, 0.3) is 0 Å². The van der Waals surface area contributed by atoms with Crippen LogP contribution in [0.1, 0.15) is 142 Å². The minimum Gasteiger partial charge on any atom is -0.346 e. The number of hydrogen-bond acceptors (Lipinski definition) is 1. The van der Waals surface area contributed by atoms with Gasteiger partial charge in [0.05, 0.1) is 0 Å². The molecule has 2 nitrogen and oxygen atoms in total. The second-order valence-corrected chi connectivity index (χ2v) is 8.92. The molecule has 0 heterocycles. The van der Waals surface area contributed by atoms with Crippen molar-refractivity contribution >= 4 is 5.91 Å². The van der Waals surface area contributed by atoms with Crippen LogP contribution in [0.5, 0.6) is 0 Å². The number of rotatable bonds is 22. The molecular weight excluding hydrogens is 354 g/mol. The quantitative estimate of drug-likeness (QED) is 0.130. The molecule has 0 aliphatic rings. The van der Waals surface area contributed by atoms with Crippen LogP contribution < -0.4 is 0 Å². The third-order valence-corrected chi connectivity index (χ3v) is 5.93. The summed E-state index contributed by atoms with van der Waals surface area (Å²) in [5.41, 5.74) is 0. The van der Waals surface area contributed by atoms with Gasteiger partial charge in [0.2, 0.25) is 5.91 Å². The van der Waals surface area contributed by atoms with Gasteiger partial charge in [-0.2, -0.15) is 0 Å². The van der Waals surface area contributed by atoms with Gasteiger partial charge in [0, 0.05) is 20.0 Å². The Bertz CT molecular complexity index is 364. The SMILES string of the molecule is CCCCCCCC/C=C\CCCCCCCC(=O)N(C)CCCCCCCC. The highest BCUT2D eigenvalue weighted by atomic mass is 16.2. The molecule has 0 radical (unpaired) electrons. The molecule has 0 aromatic heterocycles. The summed E-state index contributed by atoms with van der Waals surface area (Å²) in [7, 11) is 1.98. The zero-order valence-electron chi connectivity index (χ0n) is 20.4. The molecule has 0 aliphatic heterocycles. The van der Waals surface area contributed by atoms with Crippen molar-refractivity contribution in [3.63, 3.8) is 0 Å². The molecule has 0 saturated carbocycles. The van der Waals surface area contributed by atoms with Crippen LogP contribution in [0.4, 0.5) is 0 Å². The fourth-order valence-electron chi connectivity index (χ4n) is 3.79. The van der Waals surface area contributed by atoms with E-state index in [-0.39, 0.29) is 0 Å². The molecule has 0 rings (SSSR count). The van der Waals surface area contributed by atoms with E-state index in [0.29, 0.717) is 5.91 Å². The normalized spacial score (nSPS) is 11.4. The minimum atomic E-state index is 0.344. The average molecular weight is 408 g/mol. The first kappa shape index (κ1) is 28.2. The second-order valence-electron chi connectivity index (χ2n) is 8.92. The highest BCUT2D eigenvalue weighted by Crippen LogP contribution is 2.11. The van der Waals surface area contributed by atoms with Crippen molar-refractivity contribution in [2.24, 2.45) is 0 Å². The van der Waals surface area contributed by atoms with Gasteiger partial charge in [0.1, 0.15) is 0 Å². The minimum absolute atomic E-state index is 0.344. The smallest absolute Gasteiger partial charge is 0.222 e. The number of carbonyl (C=O) groups is 1. The Morgan fingerprint density at radius 3 is 1.52 bits per heavy atom. The van der Waals surface area contributed by atoms with Crippen molar-refractivity contribution < 1.29 is 4.79 Å². The Hall–Kier alpha value is -0.790. The summed E-state index contributed by atoms with van der Waals surface area (Å²) in [5.74, 6) is 0.344. The maximum Gasteiger partial charge on any atom is 0.222 e. The molecule has 0 aromatic rings. The Balaban J connectivity index is 3.34. The number of hydrogen-bond donors (Lipinski definition) is 0. The molecule has 0 spiro atoms. The van der Waals surface area contributed by atoms with E-state index in [1.54, 1.807) is 0 Å². The van der Waals surface area contributed by atoms with Crippen LogP contribution in [0.3, 0.4) is 0 Å². The third-order valence-electron chi connectivity index (χ3n) is 5.93. The van der Waals surface area contributed by atoms with E-state index in [1.165, 1.54) is 116 Å². The summed E-state index contributed by atoms with van der Waals surface area (Å²) in [6.45, 7) is 5.47. The second kappa shape index (κ2) is 23.5. The molecule has 0 N–H and O–H groups in total. The van der Waals surface area contributed by atoms with Gasteiger partial charge in [-0.3, -0.25) is 4.79 Å². The van der Waals surface area contributed by atoms with E-state index in [2.05, 4.69) is 26.0 Å².